The molecule has 0 aromatic heterocycles. The number of rotatable bonds is 15. The van der Waals surface area contributed by atoms with Crippen LogP contribution in [-0.4, -0.2) is 77.7 Å². The average Bonchev–Trinajstić information content (AvgIpc) is 3.46. The monoisotopic (exact) mass is 648 g/mol. The van der Waals surface area contributed by atoms with Crippen LogP contribution < -0.4 is 20.1 Å². The molecule has 0 saturated carbocycles. The van der Waals surface area contributed by atoms with Crippen LogP contribution in [0.3, 0.4) is 0 Å². The fourth-order valence-corrected chi connectivity index (χ4v) is 4.84. The van der Waals surface area contributed by atoms with Crippen molar-refractivity contribution in [3.8, 4) is 11.5 Å². The lowest BCUT2D eigenvalue weighted by atomic mass is 10.00. The summed E-state index contributed by atoms with van der Waals surface area (Å²) < 4.78 is 21.6. The zero-order chi connectivity index (χ0) is 34.8. The molecule has 0 bridgehead atoms. The maximum absolute atomic E-state index is 13.5. The molecule has 0 radical (unpaired) electrons. The molecule has 1 aliphatic rings. The number of ether oxygens (including phenoxy) is 4. The summed E-state index contributed by atoms with van der Waals surface area (Å²) in [7, 11) is 1.37. The molecular weight excluding hydrogens is 600 g/mol. The first kappa shape index (κ1) is 37.8. The molecule has 1 heterocycles. The van der Waals surface area contributed by atoms with Gasteiger partial charge < -0.3 is 29.6 Å². The lowest BCUT2D eigenvalue weighted by Crippen LogP contribution is -2.56. The third kappa shape index (κ3) is 10.9. The van der Waals surface area contributed by atoms with Gasteiger partial charge in [-0.15, -0.1) is 0 Å². The second-order valence-electron chi connectivity index (χ2n) is 12.8. The van der Waals surface area contributed by atoms with Crippen molar-refractivity contribution in [2.45, 2.75) is 98.1 Å². The number of methoxy groups -OCH3 is 1. The van der Waals surface area contributed by atoms with Gasteiger partial charge in [-0.2, -0.15) is 0 Å². The molecule has 1 aliphatic heterocycles. The van der Waals surface area contributed by atoms with Gasteiger partial charge in [-0.3, -0.25) is 24.6 Å². The number of nitrogens with one attached hydrogen (secondary N) is 2. The number of nitro benzene ring substituents is 1. The number of likely N-dealkylation sites (tertiary alicyclic amines) is 1. The summed E-state index contributed by atoms with van der Waals surface area (Å²) in [5, 5.41) is 17.2. The molecule has 256 valence electrons. The van der Waals surface area contributed by atoms with Crippen molar-refractivity contribution in [2.75, 3.05) is 20.3 Å². The number of carbonyl (C=O) groups excluding carboxylic acids is 4. The van der Waals surface area contributed by atoms with E-state index in [1.165, 1.54) is 30.2 Å². The summed E-state index contributed by atoms with van der Waals surface area (Å²) >= 11 is 0. The van der Waals surface area contributed by atoms with Crippen molar-refractivity contribution in [3.63, 3.8) is 0 Å². The smallest absolute Gasteiger partial charge is 0.410 e. The predicted octanol–water partition coefficient (Wildman–Crippen LogP) is 4.28. The van der Waals surface area contributed by atoms with Crippen molar-refractivity contribution in [1.29, 1.82) is 0 Å². The highest BCUT2D eigenvalue weighted by Crippen LogP contribution is 2.35. The Balaban J connectivity index is 2.19. The van der Waals surface area contributed by atoms with Crippen LogP contribution in [0.5, 0.6) is 11.5 Å². The van der Waals surface area contributed by atoms with Gasteiger partial charge in [-0.25, -0.2) is 9.59 Å². The Hall–Kier alpha value is -4.36. The maximum Gasteiger partial charge on any atom is 0.410 e. The first-order chi connectivity index (χ1) is 21.5. The molecule has 0 aliphatic carbocycles. The van der Waals surface area contributed by atoms with Gasteiger partial charge in [0, 0.05) is 6.54 Å². The summed E-state index contributed by atoms with van der Waals surface area (Å²) in [5.41, 5.74) is -1.02. The molecule has 3 amide bonds. The van der Waals surface area contributed by atoms with Gasteiger partial charge in [0.15, 0.2) is 11.5 Å². The quantitative estimate of drug-likeness (QED) is 0.121. The standard InChI is InChI=1S/C32H48N4O10/c1-10-14-44-26-17-24(36(41)42)21(16-25(26)43-9)18-45-30(39)27(20(4)5)34-28(37)22(15-19(2)3)33-29(38)23-12-11-13-35(23)31(40)46-32(6,7)8/h10,16-17,19-20,22-23,27H,1,11-15,18H2,2-9H3,(H,33,38)(H,34,37)/t22-,23-,27+/m0/s1. The molecule has 14 nitrogen and oxygen atoms in total. The first-order valence-corrected chi connectivity index (χ1v) is 15.3. The van der Waals surface area contributed by atoms with E-state index >= 15 is 0 Å². The summed E-state index contributed by atoms with van der Waals surface area (Å²) in [6.07, 6.45) is 2.16. The van der Waals surface area contributed by atoms with Gasteiger partial charge in [-0.05, 0) is 57.9 Å². The number of hydrogen-bond donors (Lipinski definition) is 2. The van der Waals surface area contributed by atoms with E-state index in [2.05, 4.69) is 17.2 Å². The van der Waals surface area contributed by atoms with Gasteiger partial charge in [-0.1, -0.05) is 40.3 Å². The molecule has 1 fully saturated rings. The van der Waals surface area contributed by atoms with E-state index in [0.717, 1.165) is 0 Å². The number of carbonyl (C=O) groups is 4. The van der Waals surface area contributed by atoms with E-state index < -0.39 is 65.1 Å². The summed E-state index contributed by atoms with van der Waals surface area (Å²) in [5.74, 6) is -2.01. The number of amides is 3. The molecule has 1 aromatic carbocycles. The summed E-state index contributed by atoms with van der Waals surface area (Å²) in [6.45, 7) is 15.9. The van der Waals surface area contributed by atoms with Crippen LogP contribution >= 0.6 is 0 Å². The third-order valence-electron chi connectivity index (χ3n) is 7.03. The van der Waals surface area contributed by atoms with Gasteiger partial charge in [0.2, 0.25) is 11.8 Å². The minimum Gasteiger partial charge on any atom is -0.493 e. The molecule has 46 heavy (non-hydrogen) atoms. The van der Waals surface area contributed by atoms with E-state index in [0.29, 0.717) is 19.4 Å². The van der Waals surface area contributed by atoms with Crippen molar-refractivity contribution in [3.05, 3.63) is 40.5 Å². The van der Waals surface area contributed by atoms with Gasteiger partial charge in [0.25, 0.3) is 5.69 Å². The molecule has 2 N–H and O–H groups in total. The Morgan fingerprint density at radius 2 is 1.80 bits per heavy atom. The molecule has 2 rings (SSSR count). The van der Waals surface area contributed by atoms with Gasteiger partial charge in [0.1, 0.15) is 36.9 Å². The van der Waals surface area contributed by atoms with Crippen molar-refractivity contribution in [2.24, 2.45) is 11.8 Å². The number of benzene rings is 1. The van der Waals surface area contributed by atoms with Crippen LogP contribution in [-0.2, 0) is 30.5 Å². The number of nitro groups is 1. The molecule has 1 saturated heterocycles. The second-order valence-corrected chi connectivity index (χ2v) is 12.8. The van der Waals surface area contributed by atoms with E-state index in [4.69, 9.17) is 18.9 Å². The Morgan fingerprint density at radius 3 is 2.35 bits per heavy atom. The minimum atomic E-state index is -1.13. The molecule has 14 heteroatoms. The van der Waals surface area contributed by atoms with Crippen LogP contribution in [0.25, 0.3) is 0 Å². The lowest BCUT2D eigenvalue weighted by Gasteiger charge is -2.30. The Morgan fingerprint density at radius 1 is 1.13 bits per heavy atom. The highest BCUT2D eigenvalue weighted by Gasteiger charge is 2.39. The normalized spacial score (nSPS) is 16.0. The predicted molar refractivity (Wildman–Crippen MR) is 169 cm³/mol. The van der Waals surface area contributed by atoms with Crippen molar-refractivity contribution < 1.29 is 43.0 Å². The fraction of sp³-hybridized carbons (Fsp3) is 0.625. The molecular formula is C32H48N4O10. The fourth-order valence-electron chi connectivity index (χ4n) is 4.84. The Kier molecular flexibility index (Phi) is 13.8. The minimum absolute atomic E-state index is 0.000000738. The summed E-state index contributed by atoms with van der Waals surface area (Å²) in [6, 6.07) is -0.397. The number of nitrogens with zero attached hydrogens (tertiary/aromatic N) is 2. The maximum atomic E-state index is 13.5. The van der Waals surface area contributed by atoms with E-state index in [-0.39, 0.29) is 41.7 Å². The van der Waals surface area contributed by atoms with E-state index in [1.54, 1.807) is 34.6 Å². The van der Waals surface area contributed by atoms with Crippen LogP contribution in [0.15, 0.2) is 24.8 Å². The van der Waals surface area contributed by atoms with E-state index in [9.17, 15) is 29.3 Å². The largest absolute Gasteiger partial charge is 0.493 e. The molecule has 3 atom stereocenters. The van der Waals surface area contributed by atoms with Crippen LogP contribution in [0.1, 0.15) is 73.3 Å². The summed E-state index contributed by atoms with van der Waals surface area (Å²) in [4.78, 5) is 65.3. The van der Waals surface area contributed by atoms with Gasteiger partial charge >= 0.3 is 12.1 Å². The number of esters is 1. The van der Waals surface area contributed by atoms with Crippen molar-refractivity contribution >= 4 is 29.6 Å². The second kappa shape index (κ2) is 16.8. The SMILES string of the molecule is C=CCOc1cc([N+](=O)[O-])c(COC(=O)[C@H](NC(=O)[C@H](CC(C)C)NC(=O)[C@@H]2CCCN2C(=O)OC(C)(C)C)C(C)C)cc1OC. The third-order valence-corrected chi connectivity index (χ3v) is 7.03. The topological polar surface area (TPSA) is 176 Å². The average molecular weight is 649 g/mol. The highest BCUT2D eigenvalue weighted by molar-refractivity contribution is 5.93. The van der Waals surface area contributed by atoms with Crippen LogP contribution in [0, 0.1) is 22.0 Å². The van der Waals surface area contributed by atoms with E-state index in [1.807, 2.05) is 13.8 Å². The first-order valence-electron chi connectivity index (χ1n) is 15.3. The van der Waals surface area contributed by atoms with Gasteiger partial charge in [0.05, 0.1) is 23.7 Å². The molecule has 0 unspecified atom stereocenters. The number of hydrogen-bond acceptors (Lipinski definition) is 10. The Bertz CT molecular complexity index is 1270. The zero-order valence-corrected chi connectivity index (χ0v) is 28.0. The molecule has 1 aromatic rings. The van der Waals surface area contributed by atoms with Crippen LogP contribution in [0.2, 0.25) is 0 Å². The zero-order valence-electron chi connectivity index (χ0n) is 28.0. The highest BCUT2D eigenvalue weighted by atomic mass is 16.6. The van der Waals surface area contributed by atoms with Crippen molar-refractivity contribution in [1.82, 2.24) is 15.5 Å². The molecule has 0 spiro atoms. The van der Waals surface area contributed by atoms with Crippen LogP contribution in [0.4, 0.5) is 10.5 Å². The lowest BCUT2D eigenvalue weighted by molar-refractivity contribution is -0.385. The Labute approximate surface area is 270 Å².